The molecule has 2 atom stereocenters. The Balaban J connectivity index is 1.88. The minimum atomic E-state index is 0.479. The highest BCUT2D eigenvalue weighted by atomic mass is 35.5. The van der Waals surface area contributed by atoms with E-state index in [1.54, 1.807) is 0 Å². The molecule has 0 radical (unpaired) electrons. The van der Waals surface area contributed by atoms with E-state index in [1.165, 1.54) is 16.7 Å². The molecule has 22 heavy (non-hydrogen) atoms. The Kier molecular flexibility index (Phi) is 4.77. The number of hydrogen-bond acceptors (Lipinski definition) is 1. The van der Waals surface area contributed by atoms with E-state index in [4.69, 9.17) is 23.2 Å². The van der Waals surface area contributed by atoms with Gasteiger partial charge in [0.25, 0.3) is 0 Å². The van der Waals surface area contributed by atoms with Gasteiger partial charge >= 0.3 is 0 Å². The van der Waals surface area contributed by atoms with Gasteiger partial charge in [0.15, 0.2) is 0 Å². The van der Waals surface area contributed by atoms with E-state index in [0.717, 1.165) is 12.8 Å². The van der Waals surface area contributed by atoms with E-state index in [0.29, 0.717) is 28.0 Å². The molecule has 0 aliphatic heterocycles. The number of benzene rings is 2. The molecule has 3 heteroatoms. The lowest BCUT2D eigenvalue weighted by atomic mass is 9.90. The van der Waals surface area contributed by atoms with Crippen LogP contribution in [0.2, 0.25) is 10.0 Å². The molecule has 0 aromatic heterocycles. The standard InChI is InChI=1S/C19H21Cl2N/c1-12(2)22-19-11-14-5-3-4-6-15(14)16(19)9-13-7-8-17(20)18(21)10-13/h3-8,10,12,16,19,22H,9,11H2,1-2H3/t16-,19+/m0/s1. The molecule has 0 fully saturated rings. The van der Waals surface area contributed by atoms with Crippen molar-refractivity contribution in [3.05, 3.63) is 69.2 Å². The number of fused-ring (bicyclic) bond motifs is 1. The van der Waals surface area contributed by atoms with Crippen LogP contribution in [0.15, 0.2) is 42.5 Å². The van der Waals surface area contributed by atoms with Gasteiger partial charge in [-0.25, -0.2) is 0 Å². The molecular weight excluding hydrogens is 313 g/mol. The van der Waals surface area contributed by atoms with E-state index >= 15 is 0 Å². The quantitative estimate of drug-likeness (QED) is 0.806. The molecule has 0 saturated carbocycles. The molecular formula is C19H21Cl2N. The Labute approximate surface area is 142 Å². The van der Waals surface area contributed by atoms with E-state index in [1.807, 2.05) is 12.1 Å². The van der Waals surface area contributed by atoms with E-state index < -0.39 is 0 Å². The normalized spacial score (nSPS) is 20.4. The molecule has 116 valence electrons. The fourth-order valence-corrected chi connectivity index (χ4v) is 3.77. The first-order valence-corrected chi connectivity index (χ1v) is 8.58. The second-order valence-electron chi connectivity index (χ2n) is 6.39. The van der Waals surface area contributed by atoms with Crippen LogP contribution in [-0.2, 0) is 12.8 Å². The largest absolute Gasteiger partial charge is 0.311 e. The van der Waals surface area contributed by atoms with Crippen molar-refractivity contribution in [3.8, 4) is 0 Å². The highest BCUT2D eigenvalue weighted by molar-refractivity contribution is 6.42. The number of rotatable bonds is 4. The lowest BCUT2D eigenvalue weighted by Gasteiger charge is -2.24. The van der Waals surface area contributed by atoms with Gasteiger partial charge in [-0.3, -0.25) is 0 Å². The summed E-state index contributed by atoms with van der Waals surface area (Å²) < 4.78 is 0. The summed E-state index contributed by atoms with van der Waals surface area (Å²) in [6.07, 6.45) is 2.08. The lowest BCUT2D eigenvalue weighted by molar-refractivity contribution is 0.418. The van der Waals surface area contributed by atoms with Crippen LogP contribution in [0.5, 0.6) is 0 Å². The van der Waals surface area contributed by atoms with Gasteiger partial charge in [0.1, 0.15) is 0 Å². The van der Waals surface area contributed by atoms with Crippen LogP contribution < -0.4 is 5.32 Å². The molecule has 0 saturated heterocycles. The first-order valence-electron chi connectivity index (χ1n) is 7.82. The third kappa shape index (κ3) is 3.32. The zero-order valence-corrected chi connectivity index (χ0v) is 14.5. The number of hydrogen-bond donors (Lipinski definition) is 1. The predicted molar refractivity (Wildman–Crippen MR) is 95.1 cm³/mol. The van der Waals surface area contributed by atoms with Gasteiger partial charge in [-0.2, -0.15) is 0 Å². The number of nitrogens with one attached hydrogen (secondary N) is 1. The van der Waals surface area contributed by atoms with Crippen molar-refractivity contribution in [2.75, 3.05) is 0 Å². The molecule has 2 aromatic rings. The van der Waals surface area contributed by atoms with E-state index in [9.17, 15) is 0 Å². The predicted octanol–water partition coefficient (Wildman–Crippen LogP) is 5.24. The van der Waals surface area contributed by atoms with Crippen LogP contribution in [0.25, 0.3) is 0 Å². The Hall–Kier alpha value is -1.02. The topological polar surface area (TPSA) is 12.0 Å². The van der Waals surface area contributed by atoms with Gasteiger partial charge in [0, 0.05) is 18.0 Å². The monoisotopic (exact) mass is 333 g/mol. The average Bonchev–Trinajstić information content (AvgIpc) is 2.80. The molecule has 0 amide bonds. The third-order valence-electron chi connectivity index (χ3n) is 4.37. The molecule has 0 heterocycles. The van der Waals surface area contributed by atoms with Crippen molar-refractivity contribution in [3.63, 3.8) is 0 Å². The summed E-state index contributed by atoms with van der Waals surface area (Å²) in [4.78, 5) is 0. The number of halogens is 2. The molecule has 3 rings (SSSR count). The molecule has 0 unspecified atom stereocenters. The third-order valence-corrected chi connectivity index (χ3v) is 5.11. The first-order chi connectivity index (χ1) is 10.5. The summed E-state index contributed by atoms with van der Waals surface area (Å²) in [7, 11) is 0. The van der Waals surface area contributed by atoms with Crippen LogP contribution >= 0.6 is 23.2 Å². The van der Waals surface area contributed by atoms with Crippen LogP contribution in [0.4, 0.5) is 0 Å². The van der Waals surface area contributed by atoms with Crippen molar-refractivity contribution >= 4 is 23.2 Å². The van der Waals surface area contributed by atoms with Crippen molar-refractivity contribution < 1.29 is 0 Å². The Bertz CT molecular complexity index is 666. The molecule has 1 aliphatic rings. The zero-order chi connectivity index (χ0) is 15.7. The highest BCUT2D eigenvalue weighted by Crippen LogP contribution is 2.37. The SMILES string of the molecule is CC(C)N[C@@H]1Cc2ccccc2[C@@H]1Cc1ccc(Cl)c(Cl)c1. The second-order valence-corrected chi connectivity index (χ2v) is 7.20. The van der Waals surface area contributed by atoms with Crippen LogP contribution in [0, 0.1) is 0 Å². The van der Waals surface area contributed by atoms with Gasteiger partial charge in [0.05, 0.1) is 10.0 Å². The Morgan fingerprint density at radius 2 is 1.86 bits per heavy atom. The summed E-state index contributed by atoms with van der Waals surface area (Å²) in [6, 6.07) is 15.7. The summed E-state index contributed by atoms with van der Waals surface area (Å²) in [6.45, 7) is 4.42. The van der Waals surface area contributed by atoms with Gasteiger partial charge in [-0.05, 0) is 41.7 Å². The zero-order valence-electron chi connectivity index (χ0n) is 12.9. The summed E-state index contributed by atoms with van der Waals surface area (Å²) >= 11 is 12.2. The maximum atomic E-state index is 6.17. The van der Waals surface area contributed by atoms with Gasteiger partial charge < -0.3 is 5.32 Å². The molecule has 0 spiro atoms. The molecule has 0 bridgehead atoms. The smallest absolute Gasteiger partial charge is 0.0595 e. The van der Waals surface area contributed by atoms with E-state index in [-0.39, 0.29) is 0 Å². The van der Waals surface area contributed by atoms with Gasteiger partial charge in [-0.1, -0.05) is 67.4 Å². The maximum absolute atomic E-state index is 6.17. The van der Waals surface area contributed by atoms with Crippen molar-refractivity contribution in [1.82, 2.24) is 5.32 Å². The van der Waals surface area contributed by atoms with Gasteiger partial charge in [-0.15, -0.1) is 0 Å². The van der Waals surface area contributed by atoms with Crippen molar-refractivity contribution in [2.45, 2.75) is 44.7 Å². The minimum Gasteiger partial charge on any atom is -0.311 e. The van der Waals surface area contributed by atoms with Crippen LogP contribution in [-0.4, -0.2) is 12.1 Å². The summed E-state index contributed by atoms with van der Waals surface area (Å²) in [5.41, 5.74) is 4.17. The lowest BCUT2D eigenvalue weighted by Crippen LogP contribution is -2.38. The van der Waals surface area contributed by atoms with Crippen molar-refractivity contribution in [2.24, 2.45) is 0 Å². The Morgan fingerprint density at radius 3 is 2.59 bits per heavy atom. The fraction of sp³-hybridized carbons (Fsp3) is 0.368. The minimum absolute atomic E-state index is 0.479. The Morgan fingerprint density at radius 1 is 1.09 bits per heavy atom. The summed E-state index contributed by atoms with van der Waals surface area (Å²) in [5.74, 6) is 0.482. The maximum Gasteiger partial charge on any atom is 0.0595 e. The van der Waals surface area contributed by atoms with Crippen molar-refractivity contribution in [1.29, 1.82) is 0 Å². The fourth-order valence-electron chi connectivity index (χ4n) is 3.45. The van der Waals surface area contributed by atoms with E-state index in [2.05, 4.69) is 49.5 Å². The second kappa shape index (κ2) is 6.62. The first kappa shape index (κ1) is 15.9. The molecule has 1 aliphatic carbocycles. The average molecular weight is 334 g/mol. The van der Waals surface area contributed by atoms with Crippen LogP contribution in [0.3, 0.4) is 0 Å². The molecule has 2 aromatic carbocycles. The van der Waals surface area contributed by atoms with Gasteiger partial charge in [0.2, 0.25) is 0 Å². The highest BCUT2D eigenvalue weighted by Gasteiger charge is 2.32. The molecule has 1 nitrogen and oxygen atoms in total. The van der Waals surface area contributed by atoms with Crippen LogP contribution in [0.1, 0.15) is 36.5 Å². The molecule has 1 N–H and O–H groups in total. The summed E-state index contributed by atoms with van der Waals surface area (Å²) in [5, 5.41) is 4.98.